The first-order chi connectivity index (χ1) is 10.3. The summed E-state index contributed by atoms with van der Waals surface area (Å²) >= 11 is 0. The molecule has 112 valence electrons. The van der Waals surface area contributed by atoms with Crippen molar-refractivity contribution in [3.63, 3.8) is 0 Å². The summed E-state index contributed by atoms with van der Waals surface area (Å²) in [4.78, 5) is 8.42. The minimum absolute atomic E-state index is 0.104. The number of rotatable bonds is 4. The van der Waals surface area contributed by atoms with Gasteiger partial charge in [0.15, 0.2) is 5.82 Å². The summed E-state index contributed by atoms with van der Waals surface area (Å²) in [5.41, 5.74) is 0.661. The molecule has 1 N–H and O–H groups in total. The van der Waals surface area contributed by atoms with E-state index < -0.39 is 0 Å². The Bertz CT molecular complexity index is 589. The molecule has 1 aliphatic carbocycles. The van der Waals surface area contributed by atoms with Crippen LogP contribution in [0.5, 0.6) is 5.75 Å². The van der Waals surface area contributed by atoms with Crippen molar-refractivity contribution in [2.45, 2.75) is 51.4 Å². The zero-order valence-corrected chi connectivity index (χ0v) is 12.3. The molecule has 1 fully saturated rings. The normalized spacial score (nSPS) is 22.3. The molecule has 2 heterocycles. The van der Waals surface area contributed by atoms with Crippen molar-refractivity contribution >= 4 is 0 Å². The van der Waals surface area contributed by atoms with Gasteiger partial charge in [0.1, 0.15) is 5.75 Å². The number of aromatic hydroxyl groups is 1. The van der Waals surface area contributed by atoms with E-state index in [1.54, 1.807) is 12.3 Å². The van der Waals surface area contributed by atoms with Crippen molar-refractivity contribution in [1.82, 2.24) is 15.1 Å². The summed E-state index contributed by atoms with van der Waals surface area (Å²) in [6.45, 7) is 2.25. The lowest BCUT2D eigenvalue weighted by atomic mass is 9.80. The summed E-state index contributed by atoms with van der Waals surface area (Å²) in [5, 5.41) is 13.6. The number of hydrogen-bond acceptors (Lipinski definition) is 5. The SMILES string of the molecule is CCCC1CCC(c2noc(-c3cncc(O)c3)n2)CC1. The van der Waals surface area contributed by atoms with Gasteiger partial charge in [-0.2, -0.15) is 4.98 Å². The summed E-state index contributed by atoms with van der Waals surface area (Å²) in [5.74, 6) is 2.61. The average Bonchev–Trinajstić information content (AvgIpc) is 2.98. The third-order valence-corrected chi connectivity index (χ3v) is 4.32. The first-order valence-electron chi connectivity index (χ1n) is 7.74. The predicted molar refractivity (Wildman–Crippen MR) is 78.8 cm³/mol. The third kappa shape index (κ3) is 3.23. The van der Waals surface area contributed by atoms with Gasteiger partial charge in [-0.25, -0.2) is 0 Å². The molecule has 0 aliphatic heterocycles. The van der Waals surface area contributed by atoms with Gasteiger partial charge in [-0.1, -0.05) is 24.9 Å². The highest BCUT2D eigenvalue weighted by molar-refractivity contribution is 5.53. The Kier molecular flexibility index (Phi) is 4.18. The second-order valence-electron chi connectivity index (χ2n) is 5.90. The molecular formula is C16H21N3O2. The van der Waals surface area contributed by atoms with Crippen molar-refractivity contribution in [1.29, 1.82) is 0 Å². The number of aromatic nitrogens is 3. The van der Waals surface area contributed by atoms with Crippen LogP contribution in [0.2, 0.25) is 0 Å². The molecule has 0 bridgehead atoms. The Hall–Kier alpha value is -1.91. The van der Waals surface area contributed by atoms with Crippen LogP contribution in [-0.2, 0) is 0 Å². The average molecular weight is 287 g/mol. The maximum atomic E-state index is 9.46. The summed E-state index contributed by atoms with van der Waals surface area (Å²) < 4.78 is 5.32. The zero-order chi connectivity index (χ0) is 14.7. The molecule has 2 aromatic heterocycles. The van der Waals surface area contributed by atoms with E-state index >= 15 is 0 Å². The Morgan fingerprint density at radius 3 is 2.76 bits per heavy atom. The highest BCUT2D eigenvalue weighted by atomic mass is 16.5. The Balaban J connectivity index is 1.68. The van der Waals surface area contributed by atoms with Crippen LogP contribution in [-0.4, -0.2) is 20.2 Å². The van der Waals surface area contributed by atoms with Gasteiger partial charge in [-0.3, -0.25) is 4.98 Å². The lowest BCUT2D eigenvalue weighted by Crippen LogP contribution is -2.14. The van der Waals surface area contributed by atoms with Crippen molar-refractivity contribution in [2.24, 2.45) is 5.92 Å². The molecule has 1 aliphatic rings. The van der Waals surface area contributed by atoms with Gasteiger partial charge in [0.2, 0.25) is 0 Å². The fourth-order valence-electron chi connectivity index (χ4n) is 3.18. The molecule has 3 rings (SSSR count). The van der Waals surface area contributed by atoms with E-state index in [1.807, 2.05) is 0 Å². The Morgan fingerprint density at radius 2 is 2.05 bits per heavy atom. The van der Waals surface area contributed by atoms with Crippen molar-refractivity contribution in [2.75, 3.05) is 0 Å². The molecule has 0 saturated heterocycles. The van der Waals surface area contributed by atoms with Crippen molar-refractivity contribution in [3.8, 4) is 17.2 Å². The van der Waals surface area contributed by atoms with E-state index in [1.165, 1.54) is 31.9 Å². The van der Waals surface area contributed by atoms with E-state index in [-0.39, 0.29) is 5.75 Å². The van der Waals surface area contributed by atoms with Crippen LogP contribution in [0, 0.1) is 5.92 Å². The van der Waals surface area contributed by atoms with E-state index in [0.717, 1.165) is 24.6 Å². The Labute approximate surface area is 124 Å². The lowest BCUT2D eigenvalue weighted by Gasteiger charge is -2.26. The molecule has 0 aromatic carbocycles. The second kappa shape index (κ2) is 6.24. The molecule has 0 spiro atoms. The highest BCUT2D eigenvalue weighted by Gasteiger charge is 2.25. The van der Waals surface area contributed by atoms with Crippen LogP contribution < -0.4 is 0 Å². The molecule has 1 saturated carbocycles. The summed E-state index contributed by atoms with van der Waals surface area (Å²) in [6, 6.07) is 1.59. The van der Waals surface area contributed by atoms with Gasteiger partial charge < -0.3 is 9.63 Å². The maximum Gasteiger partial charge on any atom is 0.259 e. The predicted octanol–water partition coefficient (Wildman–Crippen LogP) is 3.91. The molecule has 21 heavy (non-hydrogen) atoms. The molecule has 2 aromatic rings. The molecule has 5 nitrogen and oxygen atoms in total. The molecular weight excluding hydrogens is 266 g/mol. The highest BCUT2D eigenvalue weighted by Crippen LogP contribution is 2.36. The van der Waals surface area contributed by atoms with Gasteiger partial charge >= 0.3 is 0 Å². The number of nitrogens with zero attached hydrogens (tertiary/aromatic N) is 3. The van der Waals surface area contributed by atoms with Crippen LogP contribution in [0.4, 0.5) is 0 Å². The van der Waals surface area contributed by atoms with Gasteiger partial charge in [-0.15, -0.1) is 0 Å². The van der Waals surface area contributed by atoms with Crippen LogP contribution in [0.3, 0.4) is 0 Å². The molecule has 0 amide bonds. The van der Waals surface area contributed by atoms with E-state index in [0.29, 0.717) is 17.4 Å². The molecule has 0 unspecified atom stereocenters. The molecule has 5 heteroatoms. The lowest BCUT2D eigenvalue weighted by molar-refractivity contribution is 0.296. The van der Waals surface area contributed by atoms with Crippen LogP contribution >= 0.6 is 0 Å². The monoisotopic (exact) mass is 287 g/mol. The first-order valence-corrected chi connectivity index (χ1v) is 7.74. The minimum atomic E-state index is 0.104. The van der Waals surface area contributed by atoms with E-state index in [2.05, 4.69) is 22.0 Å². The largest absolute Gasteiger partial charge is 0.506 e. The fraction of sp³-hybridized carbons (Fsp3) is 0.562. The third-order valence-electron chi connectivity index (χ3n) is 4.32. The first kappa shape index (κ1) is 14.0. The second-order valence-corrected chi connectivity index (χ2v) is 5.90. The zero-order valence-electron chi connectivity index (χ0n) is 12.3. The van der Waals surface area contributed by atoms with Gasteiger partial charge in [0.25, 0.3) is 5.89 Å². The topological polar surface area (TPSA) is 72.0 Å². The summed E-state index contributed by atoms with van der Waals surface area (Å²) in [6.07, 6.45) is 10.4. The van der Waals surface area contributed by atoms with Crippen LogP contribution in [0.15, 0.2) is 23.0 Å². The van der Waals surface area contributed by atoms with Crippen LogP contribution in [0.1, 0.15) is 57.2 Å². The van der Waals surface area contributed by atoms with Crippen molar-refractivity contribution in [3.05, 3.63) is 24.3 Å². The quantitative estimate of drug-likeness (QED) is 0.923. The maximum absolute atomic E-state index is 9.46. The van der Waals surface area contributed by atoms with Crippen LogP contribution in [0.25, 0.3) is 11.5 Å². The van der Waals surface area contributed by atoms with Gasteiger partial charge in [-0.05, 0) is 37.7 Å². The van der Waals surface area contributed by atoms with E-state index in [4.69, 9.17) is 4.52 Å². The Morgan fingerprint density at radius 1 is 1.24 bits per heavy atom. The van der Waals surface area contributed by atoms with E-state index in [9.17, 15) is 5.11 Å². The standard InChI is InChI=1S/C16H21N3O2/c1-2-3-11-4-6-12(7-5-11)15-18-16(21-19-15)13-8-14(20)10-17-9-13/h8-12,20H,2-7H2,1H3. The van der Waals surface area contributed by atoms with Crippen molar-refractivity contribution < 1.29 is 9.63 Å². The molecule has 0 atom stereocenters. The van der Waals surface area contributed by atoms with Gasteiger partial charge in [0.05, 0.1) is 11.8 Å². The summed E-state index contributed by atoms with van der Waals surface area (Å²) in [7, 11) is 0. The smallest absolute Gasteiger partial charge is 0.259 e. The minimum Gasteiger partial charge on any atom is -0.506 e. The number of hydrogen-bond donors (Lipinski definition) is 1. The fourth-order valence-corrected chi connectivity index (χ4v) is 3.18. The van der Waals surface area contributed by atoms with Gasteiger partial charge in [0, 0.05) is 12.1 Å². The molecule has 0 radical (unpaired) electrons. The number of pyridine rings is 1.